The van der Waals surface area contributed by atoms with Crippen LogP contribution in [0.5, 0.6) is 11.5 Å². The molecule has 34 heavy (non-hydrogen) atoms. The minimum Gasteiger partial charge on any atom is -0.493 e. The molecule has 1 aromatic heterocycles. The van der Waals surface area contributed by atoms with Crippen molar-refractivity contribution in [2.75, 3.05) is 33.7 Å². The molecule has 0 saturated heterocycles. The van der Waals surface area contributed by atoms with E-state index in [1.165, 1.54) is 32.7 Å². The highest BCUT2D eigenvalue weighted by Crippen LogP contribution is 2.47. The lowest BCUT2D eigenvalue weighted by atomic mass is 9.81. The number of nitrogens with one attached hydrogen (secondary N) is 1. The van der Waals surface area contributed by atoms with Gasteiger partial charge in [-0.15, -0.1) is 11.3 Å². The van der Waals surface area contributed by atoms with Gasteiger partial charge in [-0.1, -0.05) is 18.2 Å². The van der Waals surface area contributed by atoms with Gasteiger partial charge in [0.2, 0.25) is 5.91 Å². The molecule has 0 bridgehead atoms. The molecular formula is C25H24N2O6S. The number of thiophene rings is 1. The second-order valence-corrected chi connectivity index (χ2v) is 8.65. The number of fused-ring (bicyclic) bond motifs is 1. The van der Waals surface area contributed by atoms with E-state index in [-0.39, 0.29) is 17.4 Å². The van der Waals surface area contributed by atoms with E-state index < -0.39 is 17.9 Å². The zero-order chi connectivity index (χ0) is 24.4. The lowest BCUT2D eigenvalue weighted by molar-refractivity contribution is -0.119. The first kappa shape index (κ1) is 23.3. The molecular weight excluding hydrogens is 456 g/mol. The van der Waals surface area contributed by atoms with Gasteiger partial charge in [-0.05, 0) is 41.3 Å². The molecule has 176 valence electrons. The summed E-state index contributed by atoms with van der Waals surface area (Å²) in [4.78, 5) is 41.8. The third kappa shape index (κ3) is 3.99. The third-order valence-electron chi connectivity index (χ3n) is 5.88. The SMILES string of the molecule is COC(=O)c1ccccc1NC(=O)[C@H]1c2cc(OC)c(OC)cc2C(=O)N(C)[C@H]1c1cccs1. The Bertz CT molecular complexity index is 1240. The Morgan fingerprint density at radius 2 is 1.71 bits per heavy atom. The zero-order valence-corrected chi connectivity index (χ0v) is 20.0. The molecule has 0 aliphatic carbocycles. The summed E-state index contributed by atoms with van der Waals surface area (Å²) in [5.74, 6) is -1.13. The topological polar surface area (TPSA) is 94.2 Å². The maximum Gasteiger partial charge on any atom is 0.339 e. The summed E-state index contributed by atoms with van der Waals surface area (Å²) >= 11 is 1.46. The second kappa shape index (κ2) is 9.56. The van der Waals surface area contributed by atoms with Crippen LogP contribution in [0.3, 0.4) is 0 Å². The highest BCUT2D eigenvalue weighted by atomic mass is 32.1. The molecule has 4 rings (SSSR count). The van der Waals surface area contributed by atoms with E-state index in [1.54, 1.807) is 48.3 Å². The van der Waals surface area contributed by atoms with Gasteiger partial charge >= 0.3 is 5.97 Å². The average Bonchev–Trinajstić information content (AvgIpc) is 3.39. The van der Waals surface area contributed by atoms with Gasteiger partial charge in [0.25, 0.3) is 5.91 Å². The quantitative estimate of drug-likeness (QED) is 0.534. The minimum atomic E-state index is -0.776. The Kier molecular flexibility index (Phi) is 6.56. The number of likely N-dealkylation sites (N-methyl/N-ethyl adjacent to an activating group) is 1. The summed E-state index contributed by atoms with van der Waals surface area (Å²) < 4.78 is 15.7. The Labute approximate surface area is 201 Å². The van der Waals surface area contributed by atoms with E-state index in [0.717, 1.165) is 4.88 Å². The van der Waals surface area contributed by atoms with Crippen molar-refractivity contribution in [1.29, 1.82) is 0 Å². The minimum absolute atomic E-state index is 0.228. The number of anilines is 1. The van der Waals surface area contributed by atoms with E-state index in [4.69, 9.17) is 14.2 Å². The van der Waals surface area contributed by atoms with E-state index >= 15 is 0 Å². The predicted octanol–water partition coefficient (Wildman–Crippen LogP) is 4.10. The van der Waals surface area contributed by atoms with Crippen molar-refractivity contribution in [3.05, 3.63) is 75.5 Å². The summed E-state index contributed by atoms with van der Waals surface area (Å²) in [7, 11) is 5.95. The molecule has 3 aromatic rings. The molecule has 0 fully saturated rings. The monoisotopic (exact) mass is 480 g/mol. The number of carbonyl (C=O) groups is 3. The van der Waals surface area contributed by atoms with Gasteiger partial charge in [-0.25, -0.2) is 4.79 Å². The van der Waals surface area contributed by atoms with Crippen molar-refractivity contribution in [2.45, 2.75) is 12.0 Å². The van der Waals surface area contributed by atoms with Gasteiger partial charge in [0, 0.05) is 17.5 Å². The number of ether oxygens (including phenoxy) is 3. The molecule has 8 nitrogen and oxygen atoms in total. The number of hydrogen-bond acceptors (Lipinski definition) is 7. The van der Waals surface area contributed by atoms with Crippen LogP contribution in [0.1, 0.15) is 43.1 Å². The standard InChI is InChI=1S/C25H24N2O6S/c1-27-22(20-10-7-11-34-20)21(15-12-18(31-2)19(32-3)13-16(15)24(27)29)23(28)26-17-9-6-5-8-14(17)25(30)33-4/h5-13,21-22H,1-4H3,(H,26,28)/t21-,22-/m0/s1. The lowest BCUT2D eigenvalue weighted by Crippen LogP contribution is -2.43. The third-order valence-corrected chi connectivity index (χ3v) is 6.82. The summed E-state index contributed by atoms with van der Waals surface area (Å²) in [6.07, 6.45) is 0. The fourth-order valence-corrected chi connectivity index (χ4v) is 5.14. The fraction of sp³-hybridized carbons (Fsp3) is 0.240. The predicted molar refractivity (Wildman–Crippen MR) is 128 cm³/mol. The van der Waals surface area contributed by atoms with E-state index in [9.17, 15) is 14.4 Å². The summed E-state index contributed by atoms with van der Waals surface area (Å²) in [6.45, 7) is 0. The van der Waals surface area contributed by atoms with Gasteiger partial charge in [-0.3, -0.25) is 9.59 Å². The fourth-order valence-electron chi connectivity index (χ4n) is 4.24. The lowest BCUT2D eigenvalue weighted by Gasteiger charge is -2.39. The summed E-state index contributed by atoms with van der Waals surface area (Å²) in [5, 5.41) is 4.79. The number of para-hydroxylation sites is 1. The van der Waals surface area contributed by atoms with Crippen LogP contribution in [0.2, 0.25) is 0 Å². The number of benzene rings is 2. The second-order valence-electron chi connectivity index (χ2n) is 7.67. The van der Waals surface area contributed by atoms with Crippen LogP contribution >= 0.6 is 11.3 Å². The van der Waals surface area contributed by atoms with Crippen LogP contribution in [-0.4, -0.2) is 51.1 Å². The smallest absolute Gasteiger partial charge is 0.339 e. The number of carbonyl (C=O) groups excluding carboxylic acids is 3. The highest BCUT2D eigenvalue weighted by molar-refractivity contribution is 7.10. The average molecular weight is 481 g/mol. The van der Waals surface area contributed by atoms with Crippen LogP contribution in [0.4, 0.5) is 5.69 Å². The van der Waals surface area contributed by atoms with Crippen molar-refractivity contribution < 1.29 is 28.6 Å². The molecule has 1 N–H and O–H groups in total. The molecule has 0 saturated carbocycles. The molecule has 0 radical (unpaired) electrons. The Balaban J connectivity index is 1.86. The van der Waals surface area contributed by atoms with Crippen molar-refractivity contribution in [3.63, 3.8) is 0 Å². The molecule has 2 aromatic carbocycles. The summed E-state index contributed by atoms with van der Waals surface area (Å²) in [6, 6.07) is 13.1. The highest BCUT2D eigenvalue weighted by Gasteiger charge is 2.44. The molecule has 2 amide bonds. The molecule has 2 atom stereocenters. The Morgan fingerprint density at radius 3 is 2.35 bits per heavy atom. The molecule has 0 spiro atoms. The van der Waals surface area contributed by atoms with Gasteiger partial charge in [0.05, 0.1) is 44.5 Å². The number of amides is 2. The molecule has 2 heterocycles. The molecule has 0 unspecified atom stereocenters. The normalized spacial score (nSPS) is 17.1. The van der Waals surface area contributed by atoms with Crippen molar-refractivity contribution in [3.8, 4) is 11.5 Å². The van der Waals surface area contributed by atoms with Crippen molar-refractivity contribution >= 4 is 34.8 Å². The van der Waals surface area contributed by atoms with Gasteiger partial charge in [0.1, 0.15) is 0 Å². The largest absolute Gasteiger partial charge is 0.493 e. The van der Waals surface area contributed by atoms with Crippen molar-refractivity contribution in [1.82, 2.24) is 4.90 Å². The van der Waals surface area contributed by atoms with Gasteiger partial charge in [-0.2, -0.15) is 0 Å². The first-order valence-corrected chi connectivity index (χ1v) is 11.3. The van der Waals surface area contributed by atoms with Crippen LogP contribution in [0, 0.1) is 0 Å². The Hall–Kier alpha value is -3.85. The van der Waals surface area contributed by atoms with Crippen LogP contribution in [-0.2, 0) is 9.53 Å². The van der Waals surface area contributed by atoms with Gasteiger partial charge < -0.3 is 24.4 Å². The maximum absolute atomic E-state index is 13.8. The number of hydrogen-bond donors (Lipinski definition) is 1. The number of methoxy groups -OCH3 is 3. The van der Waals surface area contributed by atoms with E-state index in [2.05, 4.69) is 5.32 Å². The van der Waals surface area contributed by atoms with Crippen LogP contribution < -0.4 is 14.8 Å². The maximum atomic E-state index is 13.8. The Morgan fingerprint density at radius 1 is 1.00 bits per heavy atom. The number of rotatable bonds is 6. The molecule has 9 heteroatoms. The number of esters is 1. The molecule has 1 aliphatic rings. The summed E-state index contributed by atoms with van der Waals surface area (Å²) in [5.41, 5.74) is 1.44. The molecule has 1 aliphatic heterocycles. The van der Waals surface area contributed by atoms with Gasteiger partial charge in [0.15, 0.2) is 11.5 Å². The number of nitrogens with zero attached hydrogens (tertiary/aromatic N) is 1. The van der Waals surface area contributed by atoms with Crippen LogP contribution in [0.25, 0.3) is 0 Å². The zero-order valence-electron chi connectivity index (χ0n) is 19.2. The van der Waals surface area contributed by atoms with E-state index in [1.807, 2.05) is 17.5 Å². The van der Waals surface area contributed by atoms with E-state index in [0.29, 0.717) is 28.3 Å². The van der Waals surface area contributed by atoms with Crippen molar-refractivity contribution in [2.24, 2.45) is 0 Å². The first-order chi connectivity index (χ1) is 16.4. The first-order valence-electron chi connectivity index (χ1n) is 10.5. The van der Waals surface area contributed by atoms with Crippen LogP contribution in [0.15, 0.2) is 53.9 Å².